The van der Waals surface area contributed by atoms with Crippen molar-refractivity contribution in [1.29, 1.82) is 0 Å². The molecule has 0 saturated heterocycles. The highest BCUT2D eigenvalue weighted by atomic mass is 16.2. The molecule has 1 aliphatic rings. The maximum Gasteiger partial charge on any atom is 0.228 e. The largest absolute Gasteiger partial charge is 0.326 e. The molecule has 4 rings (SSSR count). The molecule has 0 spiro atoms. The molecule has 0 atom stereocenters. The number of amides is 2. The Balaban J connectivity index is 1.56. The normalized spacial score (nSPS) is 13.8. The summed E-state index contributed by atoms with van der Waals surface area (Å²) < 4.78 is 0. The minimum Gasteiger partial charge on any atom is -0.326 e. The van der Waals surface area contributed by atoms with Gasteiger partial charge in [0.25, 0.3) is 0 Å². The Hall–Kier alpha value is -3.73. The predicted octanol–water partition coefficient (Wildman–Crippen LogP) is 5.93. The Bertz CT molecular complexity index is 1160. The first-order valence-electron chi connectivity index (χ1n) is 11.9. The summed E-state index contributed by atoms with van der Waals surface area (Å²) in [5.74, 6) is -0.408. The molecule has 0 aliphatic heterocycles. The van der Waals surface area contributed by atoms with Crippen LogP contribution in [0, 0.1) is 12.8 Å². The van der Waals surface area contributed by atoms with Crippen molar-refractivity contribution >= 4 is 29.0 Å². The number of carbonyl (C=O) groups is 3. The summed E-state index contributed by atoms with van der Waals surface area (Å²) in [4.78, 5) is 38.8. The number of anilines is 2. The molecule has 0 heterocycles. The van der Waals surface area contributed by atoms with Gasteiger partial charge in [-0.15, -0.1) is 0 Å². The molecule has 1 saturated carbocycles. The van der Waals surface area contributed by atoms with Crippen molar-refractivity contribution in [2.24, 2.45) is 5.92 Å². The summed E-state index contributed by atoms with van der Waals surface area (Å²) in [5, 5.41) is 5.88. The van der Waals surface area contributed by atoms with E-state index in [2.05, 4.69) is 10.6 Å². The first-order valence-corrected chi connectivity index (χ1v) is 11.9. The van der Waals surface area contributed by atoms with Gasteiger partial charge in [-0.3, -0.25) is 14.4 Å². The number of carbonyl (C=O) groups excluding carboxylic acids is 3. The second-order valence-corrected chi connectivity index (χ2v) is 8.99. The van der Waals surface area contributed by atoms with Crippen LogP contribution in [0.15, 0.2) is 72.8 Å². The molecule has 0 bridgehead atoms. The van der Waals surface area contributed by atoms with E-state index in [1.54, 1.807) is 42.5 Å². The van der Waals surface area contributed by atoms with Crippen molar-refractivity contribution in [3.05, 3.63) is 95.1 Å². The molecule has 5 heteroatoms. The SMILES string of the molecule is Cc1ccc(CC(=O)Nc2ccc(NC(=O)C3CCCCC3)cc2C(=O)c2ccccc2)cc1. The zero-order valence-electron chi connectivity index (χ0n) is 19.5. The molecular weight excluding hydrogens is 424 g/mol. The van der Waals surface area contributed by atoms with Gasteiger partial charge in [0.1, 0.15) is 0 Å². The van der Waals surface area contributed by atoms with Crippen LogP contribution in [0.2, 0.25) is 0 Å². The molecule has 1 fully saturated rings. The van der Waals surface area contributed by atoms with Gasteiger partial charge in [-0.1, -0.05) is 79.4 Å². The number of benzene rings is 3. The molecule has 0 radical (unpaired) electrons. The Kier molecular flexibility index (Phi) is 7.53. The fourth-order valence-electron chi connectivity index (χ4n) is 4.36. The first kappa shape index (κ1) is 23.4. The molecule has 2 N–H and O–H groups in total. The second-order valence-electron chi connectivity index (χ2n) is 8.99. The highest BCUT2D eigenvalue weighted by molar-refractivity contribution is 6.14. The molecular formula is C29H30N2O3. The van der Waals surface area contributed by atoms with E-state index < -0.39 is 0 Å². The number of hydrogen-bond acceptors (Lipinski definition) is 3. The Labute approximate surface area is 200 Å². The highest BCUT2D eigenvalue weighted by Crippen LogP contribution is 2.27. The first-order chi connectivity index (χ1) is 16.5. The maximum absolute atomic E-state index is 13.3. The van der Waals surface area contributed by atoms with E-state index >= 15 is 0 Å². The molecule has 174 valence electrons. The van der Waals surface area contributed by atoms with Crippen molar-refractivity contribution in [1.82, 2.24) is 0 Å². The van der Waals surface area contributed by atoms with E-state index in [1.165, 1.54) is 6.42 Å². The van der Waals surface area contributed by atoms with Crippen LogP contribution >= 0.6 is 0 Å². The van der Waals surface area contributed by atoms with Gasteiger partial charge in [0.15, 0.2) is 5.78 Å². The molecule has 2 amide bonds. The van der Waals surface area contributed by atoms with Gasteiger partial charge in [-0.2, -0.15) is 0 Å². The third-order valence-electron chi connectivity index (χ3n) is 6.30. The lowest BCUT2D eigenvalue weighted by atomic mass is 9.88. The van der Waals surface area contributed by atoms with Crippen molar-refractivity contribution < 1.29 is 14.4 Å². The van der Waals surface area contributed by atoms with Gasteiger partial charge in [0.05, 0.1) is 12.1 Å². The Morgan fingerprint density at radius 2 is 1.53 bits per heavy atom. The van der Waals surface area contributed by atoms with Crippen LogP contribution in [0.4, 0.5) is 11.4 Å². The van der Waals surface area contributed by atoms with Gasteiger partial charge < -0.3 is 10.6 Å². The Morgan fingerprint density at radius 3 is 2.24 bits per heavy atom. The van der Waals surface area contributed by atoms with Crippen LogP contribution in [-0.4, -0.2) is 17.6 Å². The van der Waals surface area contributed by atoms with Gasteiger partial charge in [-0.25, -0.2) is 0 Å². The Morgan fingerprint density at radius 1 is 0.824 bits per heavy atom. The summed E-state index contributed by atoms with van der Waals surface area (Å²) in [6.07, 6.45) is 5.32. The molecule has 0 unspecified atom stereocenters. The minimum absolute atomic E-state index is 0.00559. The third kappa shape index (κ3) is 5.98. The van der Waals surface area contributed by atoms with E-state index in [9.17, 15) is 14.4 Å². The summed E-state index contributed by atoms with van der Waals surface area (Å²) in [7, 11) is 0. The van der Waals surface area contributed by atoms with Crippen LogP contribution in [0.5, 0.6) is 0 Å². The van der Waals surface area contributed by atoms with Crippen molar-refractivity contribution in [3.8, 4) is 0 Å². The summed E-state index contributed by atoms with van der Waals surface area (Å²) in [5.41, 5.74) is 3.89. The van der Waals surface area contributed by atoms with Crippen LogP contribution in [-0.2, 0) is 16.0 Å². The van der Waals surface area contributed by atoms with Gasteiger partial charge in [0.2, 0.25) is 11.8 Å². The van der Waals surface area contributed by atoms with Crippen LogP contribution < -0.4 is 10.6 Å². The molecule has 0 aromatic heterocycles. The minimum atomic E-state index is -0.208. The summed E-state index contributed by atoms with van der Waals surface area (Å²) >= 11 is 0. The lowest BCUT2D eigenvalue weighted by Crippen LogP contribution is -2.25. The molecule has 1 aliphatic carbocycles. The van der Waals surface area contributed by atoms with E-state index in [-0.39, 0.29) is 29.9 Å². The van der Waals surface area contributed by atoms with Crippen molar-refractivity contribution in [2.45, 2.75) is 45.4 Å². The number of ketones is 1. The molecule has 3 aromatic rings. The van der Waals surface area contributed by atoms with Crippen LogP contribution in [0.1, 0.15) is 59.2 Å². The number of aryl methyl sites for hydroxylation is 1. The van der Waals surface area contributed by atoms with Crippen molar-refractivity contribution in [2.75, 3.05) is 10.6 Å². The van der Waals surface area contributed by atoms with E-state index in [4.69, 9.17) is 0 Å². The van der Waals surface area contributed by atoms with Gasteiger partial charge in [-0.05, 0) is 43.5 Å². The van der Waals surface area contributed by atoms with Gasteiger partial charge >= 0.3 is 0 Å². The second kappa shape index (κ2) is 10.9. The van der Waals surface area contributed by atoms with E-state index in [0.29, 0.717) is 22.5 Å². The fraction of sp³-hybridized carbons (Fsp3) is 0.276. The van der Waals surface area contributed by atoms with Crippen LogP contribution in [0.3, 0.4) is 0 Å². The summed E-state index contributed by atoms with van der Waals surface area (Å²) in [6.45, 7) is 2.00. The quantitative estimate of drug-likeness (QED) is 0.435. The average Bonchev–Trinajstić information content (AvgIpc) is 2.87. The molecule has 5 nitrogen and oxygen atoms in total. The maximum atomic E-state index is 13.3. The molecule has 3 aromatic carbocycles. The third-order valence-corrected chi connectivity index (χ3v) is 6.30. The lowest BCUT2D eigenvalue weighted by molar-refractivity contribution is -0.120. The monoisotopic (exact) mass is 454 g/mol. The zero-order chi connectivity index (χ0) is 23.9. The fourth-order valence-corrected chi connectivity index (χ4v) is 4.36. The topological polar surface area (TPSA) is 75.3 Å². The number of hydrogen-bond donors (Lipinski definition) is 2. The lowest BCUT2D eigenvalue weighted by Gasteiger charge is -2.21. The van der Waals surface area contributed by atoms with Gasteiger partial charge in [0, 0.05) is 22.7 Å². The zero-order valence-corrected chi connectivity index (χ0v) is 19.5. The van der Waals surface area contributed by atoms with Crippen molar-refractivity contribution in [3.63, 3.8) is 0 Å². The average molecular weight is 455 g/mol. The highest BCUT2D eigenvalue weighted by Gasteiger charge is 2.22. The predicted molar refractivity (Wildman–Crippen MR) is 135 cm³/mol. The number of nitrogens with one attached hydrogen (secondary N) is 2. The number of rotatable bonds is 7. The standard InChI is InChI=1S/C29H30N2O3/c1-20-12-14-21(15-13-20)18-27(32)31-26-17-16-24(30-29(34)23-10-6-3-7-11-23)19-25(26)28(33)22-8-4-2-5-9-22/h2,4-5,8-9,12-17,19,23H,3,6-7,10-11,18H2,1H3,(H,30,34)(H,31,32). The smallest absolute Gasteiger partial charge is 0.228 e. The van der Waals surface area contributed by atoms with Crippen LogP contribution in [0.25, 0.3) is 0 Å². The summed E-state index contributed by atoms with van der Waals surface area (Å²) in [6, 6.07) is 21.8. The van der Waals surface area contributed by atoms with E-state index in [0.717, 1.165) is 36.8 Å². The van der Waals surface area contributed by atoms with E-state index in [1.807, 2.05) is 37.3 Å². The molecule has 34 heavy (non-hydrogen) atoms.